The van der Waals surface area contributed by atoms with Gasteiger partial charge in [0.2, 0.25) is 0 Å². The molecule has 1 aromatic carbocycles. The number of hydrogen-bond donors (Lipinski definition) is 0. The van der Waals surface area contributed by atoms with E-state index in [4.69, 9.17) is 4.74 Å². The number of ether oxygens (including phenoxy) is 1. The van der Waals surface area contributed by atoms with Crippen LogP contribution in [0.25, 0.3) is 5.57 Å². The lowest BCUT2D eigenvalue weighted by atomic mass is 9.88. The summed E-state index contributed by atoms with van der Waals surface area (Å²) in [6.07, 6.45) is 5.44. The van der Waals surface area contributed by atoms with Gasteiger partial charge in [0.1, 0.15) is 6.61 Å². The summed E-state index contributed by atoms with van der Waals surface area (Å²) in [7, 11) is 0. The molecule has 0 spiro atoms. The number of carbonyl (C=O) groups excluding carboxylic acids is 1. The predicted molar refractivity (Wildman–Crippen MR) is 87.7 cm³/mol. The highest BCUT2D eigenvalue weighted by molar-refractivity contribution is 7.99. The first kappa shape index (κ1) is 14.5. The van der Waals surface area contributed by atoms with Crippen molar-refractivity contribution in [2.75, 3.05) is 12.4 Å². The molecule has 21 heavy (non-hydrogen) atoms. The van der Waals surface area contributed by atoms with Crippen LogP contribution in [0.15, 0.2) is 40.3 Å². The van der Waals surface area contributed by atoms with Gasteiger partial charge in [0.15, 0.2) is 0 Å². The second kappa shape index (κ2) is 6.10. The molecule has 0 saturated carbocycles. The Morgan fingerprint density at radius 2 is 2.10 bits per heavy atom. The van der Waals surface area contributed by atoms with Gasteiger partial charge in [-0.1, -0.05) is 18.6 Å². The first-order valence-electron chi connectivity index (χ1n) is 7.52. The standard InChI is InChI=1S/C18H20O2S/c1-3-8-21-14-6-7-15-17(10-14)16-9-12(2)4-5-13(16)11-20-18(15)19/h6-7,9-10H,3-5,8,11H2,1-2H3. The fraction of sp³-hybridized carbons (Fsp3) is 0.389. The highest BCUT2D eigenvalue weighted by atomic mass is 32.2. The lowest BCUT2D eigenvalue weighted by molar-refractivity contribution is 0.0541. The van der Waals surface area contributed by atoms with E-state index < -0.39 is 0 Å². The lowest BCUT2D eigenvalue weighted by Crippen LogP contribution is -2.06. The third-order valence-electron chi connectivity index (χ3n) is 3.94. The molecule has 1 heterocycles. The van der Waals surface area contributed by atoms with Gasteiger partial charge < -0.3 is 4.74 Å². The fourth-order valence-corrected chi connectivity index (χ4v) is 3.59. The predicted octanol–water partition coefficient (Wildman–Crippen LogP) is 4.85. The van der Waals surface area contributed by atoms with Crippen LogP contribution in [-0.4, -0.2) is 18.3 Å². The van der Waals surface area contributed by atoms with Gasteiger partial charge in [0, 0.05) is 4.90 Å². The number of allylic oxidation sites excluding steroid dienone is 3. The van der Waals surface area contributed by atoms with Crippen molar-refractivity contribution in [1.29, 1.82) is 0 Å². The molecule has 3 rings (SSSR count). The Labute approximate surface area is 130 Å². The molecule has 2 aliphatic rings. The largest absolute Gasteiger partial charge is 0.458 e. The summed E-state index contributed by atoms with van der Waals surface area (Å²) < 4.78 is 5.42. The average molecular weight is 300 g/mol. The van der Waals surface area contributed by atoms with Crippen LogP contribution < -0.4 is 0 Å². The van der Waals surface area contributed by atoms with Crippen molar-refractivity contribution in [1.82, 2.24) is 0 Å². The molecular weight excluding hydrogens is 280 g/mol. The van der Waals surface area contributed by atoms with Crippen LogP contribution in [0.5, 0.6) is 0 Å². The molecule has 0 atom stereocenters. The third kappa shape index (κ3) is 2.93. The Morgan fingerprint density at radius 3 is 2.90 bits per heavy atom. The maximum absolute atomic E-state index is 12.2. The molecule has 3 heteroatoms. The van der Waals surface area contributed by atoms with Gasteiger partial charge in [-0.25, -0.2) is 4.79 Å². The van der Waals surface area contributed by atoms with E-state index in [9.17, 15) is 4.79 Å². The van der Waals surface area contributed by atoms with Crippen molar-refractivity contribution >= 4 is 23.3 Å². The van der Waals surface area contributed by atoms with Gasteiger partial charge in [0.05, 0.1) is 5.56 Å². The molecule has 0 N–H and O–H groups in total. The highest BCUT2D eigenvalue weighted by Crippen LogP contribution is 2.37. The monoisotopic (exact) mass is 300 g/mol. The van der Waals surface area contributed by atoms with Crippen molar-refractivity contribution in [2.24, 2.45) is 0 Å². The second-order valence-corrected chi connectivity index (χ2v) is 6.81. The highest BCUT2D eigenvalue weighted by Gasteiger charge is 2.24. The Morgan fingerprint density at radius 1 is 1.24 bits per heavy atom. The van der Waals surface area contributed by atoms with Crippen LogP contribution >= 0.6 is 11.8 Å². The quantitative estimate of drug-likeness (QED) is 0.589. The van der Waals surface area contributed by atoms with Gasteiger partial charge in [-0.05, 0) is 66.8 Å². The van der Waals surface area contributed by atoms with E-state index >= 15 is 0 Å². The molecule has 0 saturated heterocycles. The number of thioether (sulfide) groups is 1. The van der Waals surface area contributed by atoms with Gasteiger partial charge in [-0.2, -0.15) is 0 Å². The minimum absolute atomic E-state index is 0.197. The van der Waals surface area contributed by atoms with Crippen LogP contribution in [0.3, 0.4) is 0 Å². The number of rotatable bonds is 3. The van der Waals surface area contributed by atoms with E-state index in [1.165, 1.54) is 21.6 Å². The second-order valence-electron chi connectivity index (χ2n) is 5.64. The van der Waals surface area contributed by atoms with Crippen LogP contribution in [-0.2, 0) is 4.74 Å². The Balaban J connectivity index is 2.09. The summed E-state index contributed by atoms with van der Waals surface area (Å²) in [6, 6.07) is 6.11. The number of hydrogen-bond acceptors (Lipinski definition) is 3. The molecule has 0 amide bonds. The number of benzene rings is 1. The van der Waals surface area contributed by atoms with Crippen molar-refractivity contribution < 1.29 is 9.53 Å². The van der Waals surface area contributed by atoms with E-state index in [0.29, 0.717) is 12.2 Å². The summed E-state index contributed by atoms with van der Waals surface area (Å²) in [4.78, 5) is 13.4. The number of fused-ring (bicyclic) bond motifs is 2. The summed E-state index contributed by atoms with van der Waals surface area (Å²) in [5, 5.41) is 0. The summed E-state index contributed by atoms with van der Waals surface area (Å²) in [6.45, 7) is 4.78. The average Bonchev–Trinajstić information content (AvgIpc) is 2.63. The first-order valence-corrected chi connectivity index (χ1v) is 8.51. The first-order chi connectivity index (χ1) is 10.2. The molecule has 0 aromatic heterocycles. The summed E-state index contributed by atoms with van der Waals surface area (Å²) in [5.74, 6) is 0.904. The Hall–Kier alpha value is -1.48. The van der Waals surface area contributed by atoms with Crippen LogP contribution in [0.1, 0.15) is 49.0 Å². The van der Waals surface area contributed by atoms with Crippen molar-refractivity contribution in [3.05, 3.63) is 46.5 Å². The van der Waals surface area contributed by atoms with Crippen LogP contribution in [0.4, 0.5) is 0 Å². The van der Waals surface area contributed by atoms with Gasteiger partial charge >= 0.3 is 5.97 Å². The van der Waals surface area contributed by atoms with Crippen molar-refractivity contribution in [2.45, 2.75) is 38.0 Å². The lowest BCUT2D eigenvalue weighted by Gasteiger charge is -2.17. The number of cyclic esters (lactones) is 1. The maximum atomic E-state index is 12.2. The van der Waals surface area contributed by atoms with Gasteiger partial charge in [-0.15, -0.1) is 11.8 Å². The molecule has 0 fully saturated rings. The zero-order chi connectivity index (χ0) is 14.8. The zero-order valence-corrected chi connectivity index (χ0v) is 13.4. The smallest absolute Gasteiger partial charge is 0.339 e. The fourth-order valence-electron chi connectivity index (χ4n) is 2.79. The summed E-state index contributed by atoms with van der Waals surface area (Å²) >= 11 is 1.85. The SMILES string of the molecule is CCCSc1ccc2c(c1)C1=C(CCC(C)=C1)COC2=O. The van der Waals surface area contributed by atoms with Crippen molar-refractivity contribution in [3.63, 3.8) is 0 Å². The van der Waals surface area contributed by atoms with Gasteiger partial charge in [-0.3, -0.25) is 0 Å². The van der Waals surface area contributed by atoms with E-state index in [1.54, 1.807) is 0 Å². The molecule has 1 aromatic rings. The molecule has 2 nitrogen and oxygen atoms in total. The van der Waals surface area contributed by atoms with Crippen LogP contribution in [0.2, 0.25) is 0 Å². The third-order valence-corrected chi connectivity index (χ3v) is 5.14. The zero-order valence-electron chi connectivity index (χ0n) is 12.6. The molecule has 0 unspecified atom stereocenters. The minimum Gasteiger partial charge on any atom is -0.458 e. The number of esters is 1. The molecule has 1 aliphatic carbocycles. The molecular formula is C18H20O2S. The Kier molecular flexibility index (Phi) is 4.20. The van der Waals surface area contributed by atoms with Crippen molar-refractivity contribution in [3.8, 4) is 0 Å². The van der Waals surface area contributed by atoms with Crippen LogP contribution in [0, 0.1) is 0 Å². The van der Waals surface area contributed by atoms with E-state index in [0.717, 1.165) is 30.6 Å². The molecule has 0 radical (unpaired) electrons. The van der Waals surface area contributed by atoms with E-state index in [-0.39, 0.29) is 5.97 Å². The normalized spacial score (nSPS) is 17.6. The van der Waals surface area contributed by atoms with Gasteiger partial charge in [0.25, 0.3) is 0 Å². The minimum atomic E-state index is -0.197. The molecule has 0 bridgehead atoms. The maximum Gasteiger partial charge on any atom is 0.339 e. The van der Waals surface area contributed by atoms with E-state index in [2.05, 4.69) is 26.0 Å². The number of carbonyl (C=O) groups is 1. The Bertz CT molecular complexity index is 641. The van der Waals surface area contributed by atoms with E-state index in [1.807, 2.05) is 23.9 Å². The molecule has 110 valence electrons. The topological polar surface area (TPSA) is 26.3 Å². The summed E-state index contributed by atoms with van der Waals surface area (Å²) in [5.41, 5.74) is 5.59. The molecule has 1 aliphatic heterocycles.